The number of ether oxygens (including phenoxy) is 1. The highest BCUT2D eigenvalue weighted by Crippen LogP contribution is 2.28. The van der Waals surface area contributed by atoms with Gasteiger partial charge in [0.1, 0.15) is 5.75 Å². The molecule has 0 aliphatic carbocycles. The molecule has 0 unspecified atom stereocenters. The van der Waals surface area contributed by atoms with Crippen LogP contribution < -0.4 is 10.2 Å². The number of carbonyl (C=O) groups excluding carboxylic acids is 1. The molecule has 0 aliphatic heterocycles. The third-order valence-corrected chi connectivity index (χ3v) is 6.42. The third kappa shape index (κ3) is 6.37. The molecule has 3 aromatic carbocycles. The molecule has 0 aliphatic rings. The lowest BCUT2D eigenvalue weighted by molar-refractivity contribution is -0.118. The number of halogens is 1. The van der Waals surface area contributed by atoms with Crippen LogP contribution in [0.5, 0.6) is 5.75 Å². The Balaban J connectivity index is 1.52. The summed E-state index contributed by atoms with van der Waals surface area (Å²) in [5.74, 6) is 1.39. The fourth-order valence-corrected chi connectivity index (χ4v) is 4.46. The molecule has 9 heteroatoms. The molecule has 1 heterocycles. The number of nitrogens with one attached hydrogen (secondary N) is 1. The average molecular weight is 550 g/mol. The first kappa shape index (κ1) is 24.7. The molecule has 4 rings (SSSR count). The maximum Gasteiger partial charge on any atom is 0.250 e. The minimum Gasteiger partial charge on any atom is -0.494 e. The van der Waals surface area contributed by atoms with Crippen LogP contribution in [-0.4, -0.2) is 38.7 Å². The van der Waals surface area contributed by atoms with Crippen LogP contribution in [0.2, 0.25) is 0 Å². The first-order valence-electron chi connectivity index (χ1n) is 11.0. The monoisotopic (exact) mass is 549 g/mol. The lowest BCUT2D eigenvalue weighted by Gasteiger charge is -2.11. The van der Waals surface area contributed by atoms with E-state index in [4.69, 9.17) is 4.74 Å². The van der Waals surface area contributed by atoms with Crippen LogP contribution >= 0.6 is 27.7 Å². The van der Waals surface area contributed by atoms with E-state index in [0.29, 0.717) is 23.3 Å². The first-order chi connectivity index (χ1) is 17.0. The molecule has 0 saturated carbocycles. The standard InChI is InChI=1S/C26H24BrN5O2S/c1-3-34-23-14-12-22(13-15-23)32-25(19-8-5-4-6-9-19)30-31-26(32)35-17-24(33)29-28-18(2)20-10-7-11-21(27)16-20/h4-16H,3,17H2,1-2H3,(H,29,33). The molecule has 0 saturated heterocycles. The zero-order valence-corrected chi connectivity index (χ0v) is 21.7. The Hall–Kier alpha value is -3.43. The first-order valence-corrected chi connectivity index (χ1v) is 12.8. The number of carbonyl (C=O) groups is 1. The Morgan fingerprint density at radius 3 is 2.54 bits per heavy atom. The van der Waals surface area contributed by atoms with Crippen LogP contribution in [0.1, 0.15) is 19.4 Å². The van der Waals surface area contributed by atoms with E-state index < -0.39 is 0 Å². The van der Waals surface area contributed by atoms with E-state index >= 15 is 0 Å². The smallest absolute Gasteiger partial charge is 0.250 e. The van der Waals surface area contributed by atoms with E-state index in [1.54, 1.807) is 0 Å². The Kier molecular flexibility index (Phi) is 8.33. The maximum atomic E-state index is 12.5. The van der Waals surface area contributed by atoms with Gasteiger partial charge in [-0.25, -0.2) is 5.43 Å². The summed E-state index contributed by atoms with van der Waals surface area (Å²) in [5.41, 5.74) is 6.08. The minimum absolute atomic E-state index is 0.138. The van der Waals surface area contributed by atoms with Gasteiger partial charge in [0.2, 0.25) is 0 Å². The van der Waals surface area contributed by atoms with Crippen LogP contribution in [0.25, 0.3) is 17.1 Å². The Morgan fingerprint density at radius 1 is 1.06 bits per heavy atom. The Bertz CT molecular complexity index is 1320. The number of thioether (sulfide) groups is 1. The molecule has 1 aromatic heterocycles. The topological polar surface area (TPSA) is 81.4 Å². The van der Waals surface area contributed by atoms with Gasteiger partial charge in [0.15, 0.2) is 11.0 Å². The van der Waals surface area contributed by atoms with Crippen LogP contribution in [0.15, 0.2) is 93.6 Å². The van der Waals surface area contributed by atoms with Crippen molar-refractivity contribution in [2.45, 2.75) is 19.0 Å². The Morgan fingerprint density at radius 2 is 1.83 bits per heavy atom. The van der Waals surface area contributed by atoms with E-state index in [1.807, 2.05) is 97.3 Å². The van der Waals surface area contributed by atoms with Crippen molar-refractivity contribution in [1.29, 1.82) is 0 Å². The minimum atomic E-state index is -0.230. The molecule has 0 atom stereocenters. The molecule has 0 radical (unpaired) electrons. The lowest BCUT2D eigenvalue weighted by atomic mass is 10.1. The maximum absolute atomic E-state index is 12.5. The van der Waals surface area contributed by atoms with Gasteiger partial charge < -0.3 is 4.74 Å². The number of hydrogen-bond donors (Lipinski definition) is 1. The molecule has 0 bridgehead atoms. The number of hydrazone groups is 1. The van der Waals surface area contributed by atoms with Crippen molar-refractivity contribution >= 4 is 39.3 Å². The van der Waals surface area contributed by atoms with Gasteiger partial charge in [0.25, 0.3) is 5.91 Å². The molecule has 1 amide bonds. The van der Waals surface area contributed by atoms with Gasteiger partial charge in [-0.2, -0.15) is 5.10 Å². The molecule has 1 N–H and O–H groups in total. The van der Waals surface area contributed by atoms with E-state index in [2.05, 4.69) is 36.7 Å². The van der Waals surface area contributed by atoms with Crippen molar-refractivity contribution in [3.8, 4) is 22.8 Å². The van der Waals surface area contributed by atoms with Gasteiger partial charge in [-0.15, -0.1) is 10.2 Å². The number of nitrogens with zero attached hydrogens (tertiary/aromatic N) is 4. The van der Waals surface area contributed by atoms with Crippen molar-refractivity contribution in [1.82, 2.24) is 20.2 Å². The number of aromatic nitrogens is 3. The zero-order chi connectivity index (χ0) is 24.6. The lowest BCUT2D eigenvalue weighted by Crippen LogP contribution is -2.21. The number of hydrogen-bond acceptors (Lipinski definition) is 6. The second-order valence-electron chi connectivity index (χ2n) is 7.47. The van der Waals surface area contributed by atoms with Gasteiger partial charge >= 0.3 is 0 Å². The van der Waals surface area contributed by atoms with E-state index in [1.165, 1.54) is 11.8 Å². The Labute approximate surface area is 216 Å². The van der Waals surface area contributed by atoms with E-state index in [0.717, 1.165) is 27.0 Å². The summed E-state index contributed by atoms with van der Waals surface area (Å²) < 4.78 is 8.47. The molecule has 0 spiro atoms. The van der Waals surface area contributed by atoms with Gasteiger partial charge in [-0.1, -0.05) is 70.2 Å². The normalized spacial score (nSPS) is 11.3. The predicted molar refractivity (Wildman–Crippen MR) is 143 cm³/mol. The molecule has 35 heavy (non-hydrogen) atoms. The third-order valence-electron chi connectivity index (χ3n) is 4.99. The molecule has 178 valence electrons. The SMILES string of the molecule is CCOc1ccc(-n2c(SCC(=O)NN=C(C)c3cccc(Br)c3)nnc2-c2ccccc2)cc1. The van der Waals surface area contributed by atoms with Crippen molar-refractivity contribution in [3.63, 3.8) is 0 Å². The number of benzene rings is 3. The van der Waals surface area contributed by atoms with E-state index in [-0.39, 0.29) is 11.7 Å². The highest BCUT2D eigenvalue weighted by atomic mass is 79.9. The molecular formula is C26H24BrN5O2S. The largest absolute Gasteiger partial charge is 0.494 e. The van der Waals surface area contributed by atoms with Crippen molar-refractivity contribution in [2.75, 3.05) is 12.4 Å². The average Bonchev–Trinajstić information content (AvgIpc) is 3.31. The van der Waals surface area contributed by atoms with Gasteiger partial charge in [0, 0.05) is 15.7 Å². The zero-order valence-electron chi connectivity index (χ0n) is 19.3. The molecule has 7 nitrogen and oxygen atoms in total. The summed E-state index contributed by atoms with van der Waals surface area (Å²) in [6.45, 7) is 4.40. The molecule has 0 fully saturated rings. The predicted octanol–water partition coefficient (Wildman–Crippen LogP) is 5.73. The fourth-order valence-electron chi connectivity index (χ4n) is 3.32. The van der Waals surface area contributed by atoms with Gasteiger partial charge in [-0.3, -0.25) is 9.36 Å². The van der Waals surface area contributed by atoms with Crippen LogP contribution in [0.4, 0.5) is 0 Å². The summed E-state index contributed by atoms with van der Waals surface area (Å²) >= 11 is 4.75. The van der Waals surface area contributed by atoms with Gasteiger partial charge in [0.05, 0.1) is 18.1 Å². The summed E-state index contributed by atoms with van der Waals surface area (Å²) in [5, 5.41) is 13.6. The highest BCUT2D eigenvalue weighted by molar-refractivity contribution is 9.10. The molecular weight excluding hydrogens is 526 g/mol. The summed E-state index contributed by atoms with van der Waals surface area (Å²) in [6, 6.07) is 25.3. The second kappa shape index (κ2) is 11.8. The van der Waals surface area contributed by atoms with Crippen molar-refractivity contribution < 1.29 is 9.53 Å². The van der Waals surface area contributed by atoms with Gasteiger partial charge in [-0.05, 0) is 55.8 Å². The summed E-state index contributed by atoms with van der Waals surface area (Å²) in [4.78, 5) is 12.5. The second-order valence-corrected chi connectivity index (χ2v) is 9.32. The number of rotatable bonds is 9. The van der Waals surface area contributed by atoms with Crippen LogP contribution in [-0.2, 0) is 4.79 Å². The number of amides is 1. The quantitative estimate of drug-likeness (QED) is 0.164. The van der Waals surface area contributed by atoms with Crippen LogP contribution in [0, 0.1) is 0 Å². The summed E-state index contributed by atoms with van der Waals surface area (Å²) in [7, 11) is 0. The van der Waals surface area contributed by atoms with Crippen molar-refractivity contribution in [3.05, 3.63) is 88.9 Å². The molecule has 4 aromatic rings. The van der Waals surface area contributed by atoms with Crippen LogP contribution in [0.3, 0.4) is 0 Å². The van der Waals surface area contributed by atoms with Crippen molar-refractivity contribution in [2.24, 2.45) is 5.10 Å². The van der Waals surface area contributed by atoms with E-state index in [9.17, 15) is 4.79 Å². The fraction of sp³-hybridized carbons (Fsp3) is 0.154. The summed E-state index contributed by atoms with van der Waals surface area (Å²) in [6.07, 6.45) is 0. The highest BCUT2D eigenvalue weighted by Gasteiger charge is 2.17.